The molecule has 0 spiro atoms. The minimum absolute atomic E-state index is 0.500. The van der Waals surface area contributed by atoms with Gasteiger partial charge in [-0.15, -0.1) is 0 Å². The Balaban J connectivity index is 0. The zero-order chi connectivity index (χ0) is 20.4. The Morgan fingerprint density at radius 1 is 0.560 bits per heavy atom. The fourth-order valence-electron chi connectivity index (χ4n) is 2.91. The largest absolute Gasteiger partial charge is 0.0649 e. The third-order valence-electron chi connectivity index (χ3n) is 4.62. The molecule has 2 rings (SSSR count). The molecule has 0 aromatic carbocycles. The Bertz CT molecular complexity index is 270. The van der Waals surface area contributed by atoms with Gasteiger partial charge in [0.25, 0.3) is 0 Å². The highest BCUT2D eigenvalue weighted by atomic mass is 14.3. The number of rotatable bonds is 1. The molecule has 25 heavy (non-hydrogen) atoms. The van der Waals surface area contributed by atoms with Gasteiger partial charge < -0.3 is 0 Å². The normalized spacial score (nSPS) is 21.1. The van der Waals surface area contributed by atoms with Crippen LogP contribution in [-0.4, -0.2) is 0 Å². The van der Waals surface area contributed by atoms with Gasteiger partial charge in [0.2, 0.25) is 0 Å². The summed E-state index contributed by atoms with van der Waals surface area (Å²) in [5.74, 6) is 0. The lowest BCUT2D eigenvalue weighted by Gasteiger charge is -2.19. The van der Waals surface area contributed by atoms with Crippen molar-refractivity contribution in [2.24, 2.45) is 21.7 Å². The highest BCUT2D eigenvalue weighted by molar-refractivity contribution is 4.78. The van der Waals surface area contributed by atoms with Crippen molar-refractivity contribution in [3.63, 3.8) is 0 Å². The monoisotopic (exact) mass is 354 g/mol. The van der Waals surface area contributed by atoms with Gasteiger partial charge in [-0.25, -0.2) is 0 Å². The zero-order valence-electron chi connectivity index (χ0n) is 20.4. The van der Waals surface area contributed by atoms with Gasteiger partial charge in [0.05, 0.1) is 0 Å². The first-order chi connectivity index (χ1) is 11.0. The van der Waals surface area contributed by atoms with Gasteiger partial charge in [-0.05, 0) is 47.3 Å². The third-order valence-corrected chi connectivity index (χ3v) is 4.62. The molecule has 2 aliphatic rings. The molecule has 154 valence electrons. The summed E-state index contributed by atoms with van der Waals surface area (Å²) in [5, 5.41) is 0. The average molecular weight is 355 g/mol. The molecule has 0 radical (unpaired) electrons. The van der Waals surface area contributed by atoms with Gasteiger partial charge in [-0.3, -0.25) is 0 Å². The van der Waals surface area contributed by atoms with Crippen molar-refractivity contribution in [3.05, 3.63) is 0 Å². The fraction of sp³-hybridized carbons (Fsp3) is 1.00. The van der Waals surface area contributed by atoms with Crippen LogP contribution in [0.1, 0.15) is 141 Å². The van der Waals surface area contributed by atoms with Crippen LogP contribution < -0.4 is 0 Å². The van der Waals surface area contributed by atoms with Gasteiger partial charge in [0, 0.05) is 0 Å². The molecule has 0 unspecified atom stereocenters. The van der Waals surface area contributed by atoms with E-state index in [2.05, 4.69) is 83.1 Å². The first-order valence-electron chi connectivity index (χ1n) is 11.0. The lowest BCUT2D eigenvalue weighted by atomic mass is 9.86. The molecule has 0 saturated heterocycles. The topological polar surface area (TPSA) is 0 Å². The fourth-order valence-corrected chi connectivity index (χ4v) is 2.91. The SMILES string of the molecule is CC(C)(C)C.CC(C)(C)C.CC1(C)CCCC1.CCC1(C)CCCC1. The second-order valence-corrected chi connectivity index (χ2v) is 12.7. The van der Waals surface area contributed by atoms with Gasteiger partial charge >= 0.3 is 0 Å². The molecule has 0 heteroatoms. The van der Waals surface area contributed by atoms with E-state index in [4.69, 9.17) is 0 Å². The van der Waals surface area contributed by atoms with E-state index in [1.165, 1.54) is 57.8 Å². The quantitative estimate of drug-likeness (QED) is 0.439. The van der Waals surface area contributed by atoms with Crippen LogP contribution in [0.3, 0.4) is 0 Å². The zero-order valence-corrected chi connectivity index (χ0v) is 20.4. The second-order valence-electron chi connectivity index (χ2n) is 12.7. The summed E-state index contributed by atoms with van der Waals surface area (Å²) < 4.78 is 0. The molecule has 0 amide bonds. The highest BCUT2D eigenvalue weighted by Crippen LogP contribution is 2.39. The van der Waals surface area contributed by atoms with Crippen LogP contribution in [-0.2, 0) is 0 Å². The van der Waals surface area contributed by atoms with Crippen LogP contribution in [0.2, 0.25) is 0 Å². The predicted molar refractivity (Wildman–Crippen MR) is 119 cm³/mol. The summed E-state index contributed by atoms with van der Waals surface area (Å²) in [7, 11) is 0. The highest BCUT2D eigenvalue weighted by Gasteiger charge is 2.25. The number of hydrogen-bond donors (Lipinski definition) is 0. The summed E-state index contributed by atoms with van der Waals surface area (Å²) in [6.07, 6.45) is 13.1. The molecular weight excluding hydrogens is 300 g/mol. The van der Waals surface area contributed by atoms with Crippen LogP contribution in [0.5, 0.6) is 0 Å². The standard InChI is InChI=1S/C8H16.C7H14.2C5H12/c1-3-8(2)6-4-5-7-8;1-7(2)5-3-4-6-7;2*1-5(2,3)4/h3-7H2,1-2H3;3-6H2,1-2H3;2*1-4H3. The van der Waals surface area contributed by atoms with Crippen LogP contribution in [0.4, 0.5) is 0 Å². The van der Waals surface area contributed by atoms with Crippen molar-refractivity contribution >= 4 is 0 Å². The van der Waals surface area contributed by atoms with Crippen molar-refractivity contribution in [3.8, 4) is 0 Å². The Labute approximate surface area is 163 Å². The molecule has 0 atom stereocenters. The number of hydrogen-bond acceptors (Lipinski definition) is 0. The van der Waals surface area contributed by atoms with E-state index in [0.29, 0.717) is 16.2 Å². The molecule has 0 N–H and O–H groups in total. The first kappa shape index (κ1) is 27.2. The summed E-state index contributed by atoms with van der Waals surface area (Å²) in [6, 6.07) is 0. The van der Waals surface area contributed by atoms with E-state index in [1.807, 2.05) is 0 Å². The maximum atomic E-state index is 2.42. The Hall–Kier alpha value is 0. The third kappa shape index (κ3) is 26.3. The van der Waals surface area contributed by atoms with Crippen molar-refractivity contribution in [1.82, 2.24) is 0 Å². The van der Waals surface area contributed by atoms with Crippen molar-refractivity contribution in [2.75, 3.05) is 0 Å². The second kappa shape index (κ2) is 11.7. The van der Waals surface area contributed by atoms with E-state index in [1.54, 1.807) is 0 Å². The Morgan fingerprint density at radius 3 is 0.920 bits per heavy atom. The Kier molecular flexibility index (Phi) is 12.7. The Morgan fingerprint density at radius 2 is 0.800 bits per heavy atom. The predicted octanol–water partition coefficient (Wildman–Crippen LogP) is 9.67. The summed E-state index contributed by atoms with van der Waals surface area (Å²) in [6.45, 7) is 26.9. The molecular formula is C25H54. The van der Waals surface area contributed by atoms with Gasteiger partial charge in [0.1, 0.15) is 0 Å². The van der Waals surface area contributed by atoms with Crippen molar-refractivity contribution in [1.29, 1.82) is 0 Å². The lowest BCUT2D eigenvalue weighted by molar-refractivity contribution is 0.323. The van der Waals surface area contributed by atoms with Gasteiger partial charge in [-0.1, -0.05) is 115 Å². The smallest absolute Gasteiger partial charge is 0.0328 e. The van der Waals surface area contributed by atoms with Crippen LogP contribution >= 0.6 is 0 Å². The van der Waals surface area contributed by atoms with Crippen LogP contribution in [0.15, 0.2) is 0 Å². The van der Waals surface area contributed by atoms with E-state index >= 15 is 0 Å². The van der Waals surface area contributed by atoms with Crippen molar-refractivity contribution in [2.45, 2.75) is 141 Å². The van der Waals surface area contributed by atoms with Crippen molar-refractivity contribution < 1.29 is 0 Å². The molecule has 2 fully saturated rings. The van der Waals surface area contributed by atoms with E-state index < -0.39 is 0 Å². The molecule has 2 saturated carbocycles. The molecule has 0 aromatic heterocycles. The van der Waals surface area contributed by atoms with E-state index in [9.17, 15) is 0 Å². The first-order valence-corrected chi connectivity index (χ1v) is 11.0. The maximum Gasteiger partial charge on any atom is -0.0328 e. The summed E-state index contributed by atoms with van der Waals surface area (Å²) >= 11 is 0. The summed E-state index contributed by atoms with van der Waals surface area (Å²) in [5.41, 5.74) is 2.43. The molecule has 0 aliphatic heterocycles. The van der Waals surface area contributed by atoms with Gasteiger partial charge in [-0.2, -0.15) is 0 Å². The van der Waals surface area contributed by atoms with Crippen LogP contribution in [0, 0.1) is 21.7 Å². The molecule has 0 bridgehead atoms. The molecule has 0 nitrogen and oxygen atoms in total. The molecule has 0 aromatic rings. The minimum Gasteiger partial charge on any atom is -0.0649 e. The average Bonchev–Trinajstić information content (AvgIpc) is 2.95. The van der Waals surface area contributed by atoms with Gasteiger partial charge in [0.15, 0.2) is 0 Å². The lowest BCUT2D eigenvalue weighted by Crippen LogP contribution is -2.07. The maximum absolute atomic E-state index is 2.42. The minimum atomic E-state index is 0.500. The van der Waals surface area contributed by atoms with E-state index in [-0.39, 0.29) is 0 Å². The molecule has 2 aliphatic carbocycles. The molecule has 0 heterocycles. The summed E-state index contributed by atoms with van der Waals surface area (Å²) in [4.78, 5) is 0. The van der Waals surface area contributed by atoms with Crippen LogP contribution in [0.25, 0.3) is 0 Å². The van der Waals surface area contributed by atoms with E-state index in [0.717, 1.165) is 5.41 Å².